The molecule has 0 saturated heterocycles. The lowest BCUT2D eigenvalue weighted by atomic mass is 10.0. The van der Waals surface area contributed by atoms with Gasteiger partial charge in [-0.15, -0.1) is 0 Å². The van der Waals surface area contributed by atoms with Crippen LogP contribution in [-0.2, 0) is 4.79 Å². The van der Waals surface area contributed by atoms with Crippen LogP contribution in [0.5, 0.6) is 0 Å². The molecule has 2 aromatic rings. The van der Waals surface area contributed by atoms with Crippen molar-refractivity contribution in [2.24, 2.45) is 4.99 Å². The molecule has 0 heterocycles. The Kier molecular flexibility index (Phi) is 2.44. The number of rotatable bonds is 2. The predicted molar refractivity (Wildman–Crippen MR) is 61.1 cm³/mol. The van der Waals surface area contributed by atoms with Crippen LogP contribution in [0.4, 0.5) is 0 Å². The minimum absolute atomic E-state index is 0.446. The maximum Gasteiger partial charge on any atom is 0.240 e. The number of benzene rings is 2. The van der Waals surface area contributed by atoms with Crippen molar-refractivity contribution in [2.75, 3.05) is 0 Å². The van der Waals surface area contributed by atoms with Crippen LogP contribution in [0, 0.1) is 0 Å². The van der Waals surface area contributed by atoms with Crippen molar-refractivity contribution in [2.45, 2.75) is 0 Å². The van der Waals surface area contributed by atoms with Gasteiger partial charge in [-0.05, 0) is 10.8 Å². The van der Waals surface area contributed by atoms with Gasteiger partial charge in [-0.1, -0.05) is 49.0 Å². The van der Waals surface area contributed by atoms with Crippen LogP contribution < -0.4 is 0 Å². The van der Waals surface area contributed by atoms with Crippen molar-refractivity contribution in [3.8, 4) is 0 Å². The Balaban J connectivity index is 2.71. The lowest BCUT2D eigenvalue weighted by Gasteiger charge is -2.03. The Morgan fingerprint density at radius 2 is 1.87 bits per heavy atom. The monoisotopic (exact) mass is 195 g/mol. The third-order valence-electron chi connectivity index (χ3n) is 2.28. The number of nitrogens with zero attached hydrogens (tertiary/aromatic N) is 1. The number of hydrogen-bond acceptors (Lipinski definition) is 2. The van der Waals surface area contributed by atoms with Crippen LogP contribution in [0.25, 0.3) is 16.5 Å². The summed E-state index contributed by atoms with van der Waals surface area (Å²) < 4.78 is 0. The lowest BCUT2D eigenvalue weighted by Crippen LogP contribution is -1.82. The molecule has 0 aliphatic carbocycles. The van der Waals surface area contributed by atoms with Crippen molar-refractivity contribution in [3.05, 3.63) is 54.6 Å². The van der Waals surface area contributed by atoms with Gasteiger partial charge in [0.25, 0.3) is 0 Å². The van der Waals surface area contributed by atoms with Crippen LogP contribution in [0.1, 0.15) is 5.56 Å². The van der Waals surface area contributed by atoms with Gasteiger partial charge in [0.2, 0.25) is 6.08 Å². The second kappa shape index (κ2) is 3.91. The minimum Gasteiger partial charge on any atom is -0.211 e. The Bertz CT molecular complexity index is 560. The number of isocyanates is 1. The number of hydrogen-bond donors (Lipinski definition) is 0. The minimum atomic E-state index is 0.446. The standard InChI is InChI=1S/C13H9NO/c1-10(14-9-15)12-8-4-6-11-5-2-3-7-13(11)12/h2-8H,1H2. The summed E-state index contributed by atoms with van der Waals surface area (Å²) >= 11 is 0. The Morgan fingerprint density at radius 1 is 1.13 bits per heavy atom. The summed E-state index contributed by atoms with van der Waals surface area (Å²) in [6, 6.07) is 13.7. The molecule has 0 aromatic heterocycles. The van der Waals surface area contributed by atoms with E-state index in [-0.39, 0.29) is 0 Å². The van der Waals surface area contributed by atoms with Crippen molar-refractivity contribution >= 4 is 22.5 Å². The second-order valence-electron chi connectivity index (χ2n) is 3.18. The quantitative estimate of drug-likeness (QED) is 0.534. The molecule has 2 rings (SSSR count). The summed E-state index contributed by atoms with van der Waals surface area (Å²) in [4.78, 5) is 13.7. The zero-order valence-corrected chi connectivity index (χ0v) is 8.10. The molecule has 0 spiro atoms. The normalized spacial score (nSPS) is 9.60. The summed E-state index contributed by atoms with van der Waals surface area (Å²) in [5.74, 6) is 0. The molecular weight excluding hydrogens is 186 g/mol. The van der Waals surface area contributed by atoms with Gasteiger partial charge in [0.15, 0.2) is 0 Å². The van der Waals surface area contributed by atoms with Gasteiger partial charge in [-0.25, -0.2) is 4.79 Å². The Labute approximate surface area is 87.6 Å². The van der Waals surface area contributed by atoms with E-state index in [1.807, 2.05) is 42.5 Å². The SMILES string of the molecule is C=C(N=C=O)c1cccc2ccccc12. The number of carbonyl (C=O) groups excluding carboxylic acids is 1. The second-order valence-corrected chi connectivity index (χ2v) is 3.18. The van der Waals surface area contributed by atoms with Gasteiger partial charge >= 0.3 is 0 Å². The molecule has 0 amide bonds. The van der Waals surface area contributed by atoms with Crippen LogP contribution in [-0.4, -0.2) is 6.08 Å². The maximum atomic E-state index is 10.2. The van der Waals surface area contributed by atoms with Gasteiger partial charge < -0.3 is 0 Å². The van der Waals surface area contributed by atoms with Gasteiger partial charge in [-0.3, -0.25) is 0 Å². The highest BCUT2D eigenvalue weighted by atomic mass is 16.1. The highest BCUT2D eigenvalue weighted by Crippen LogP contribution is 2.24. The van der Waals surface area contributed by atoms with Crippen molar-refractivity contribution in [1.82, 2.24) is 0 Å². The highest BCUT2D eigenvalue weighted by Gasteiger charge is 2.02. The van der Waals surface area contributed by atoms with Crippen LogP contribution in [0.3, 0.4) is 0 Å². The zero-order chi connectivity index (χ0) is 10.7. The van der Waals surface area contributed by atoms with Crippen molar-refractivity contribution in [1.29, 1.82) is 0 Å². The molecule has 0 aliphatic heterocycles. The maximum absolute atomic E-state index is 10.2. The molecule has 0 atom stereocenters. The average molecular weight is 195 g/mol. The van der Waals surface area contributed by atoms with Crippen LogP contribution >= 0.6 is 0 Å². The molecule has 0 fully saturated rings. The van der Waals surface area contributed by atoms with E-state index in [2.05, 4.69) is 11.6 Å². The van der Waals surface area contributed by atoms with E-state index in [0.29, 0.717) is 5.70 Å². The topological polar surface area (TPSA) is 29.4 Å². The van der Waals surface area contributed by atoms with E-state index in [1.165, 1.54) is 6.08 Å². The molecule has 0 N–H and O–H groups in total. The van der Waals surface area contributed by atoms with Gasteiger partial charge in [0.1, 0.15) is 0 Å². The van der Waals surface area contributed by atoms with E-state index in [0.717, 1.165) is 16.3 Å². The molecule has 0 radical (unpaired) electrons. The van der Waals surface area contributed by atoms with E-state index < -0.39 is 0 Å². The molecule has 2 nitrogen and oxygen atoms in total. The van der Waals surface area contributed by atoms with E-state index in [9.17, 15) is 4.79 Å². The Hall–Kier alpha value is -2.18. The zero-order valence-electron chi connectivity index (χ0n) is 8.10. The first-order chi connectivity index (χ1) is 7.33. The van der Waals surface area contributed by atoms with Gasteiger partial charge in [0, 0.05) is 5.56 Å². The summed E-state index contributed by atoms with van der Waals surface area (Å²) in [5.41, 5.74) is 1.32. The smallest absolute Gasteiger partial charge is 0.211 e. The Morgan fingerprint density at radius 3 is 2.67 bits per heavy atom. The first kappa shape index (κ1) is 9.38. The molecule has 15 heavy (non-hydrogen) atoms. The van der Waals surface area contributed by atoms with Gasteiger partial charge in [0.05, 0.1) is 5.70 Å². The molecular formula is C13H9NO. The molecule has 0 unspecified atom stereocenters. The van der Waals surface area contributed by atoms with E-state index in [1.54, 1.807) is 0 Å². The van der Waals surface area contributed by atoms with Gasteiger partial charge in [-0.2, -0.15) is 4.99 Å². The van der Waals surface area contributed by atoms with Crippen molar-refractivity contribution < 1.29 is 4.79 Å². The van der Waals surface area contributed by atoms with E-state index >= 15 is 0 Å². The van der Waals surface area contributed by atoms with Crippen LogP contribution in [0.15, 0.2) is 54.0 Å². The number of aliphatic imine (C=N–C) groups is 1. The lowest BCUT2D eigenvalue weighted by molar-refractivity contribution is 0.565. The molecule has 0 saturated carbocycles. The molecule has 0 bridgehead atoms. The van der Waals surface area contributed by atoms with E-state index in [4.69, 9.17) is 0 Å². The number of fused-ring (bicyclic) bond motifs is 1. The fourth-order valence-electron chi connectivity index (χ4n) is 1.59. The van der Waals surface area contributed by atoms with Crippen molar-refractivity contribution in [3.63, 3.8) is 0 Å². The third kappa shape index (κ3) is 1.71. The summed E-state index contributed by atoms with van der Waals surface area (Å²) in [7, 11) is 0. The molecule has 72 valence electrons. The molecule has 2 heteroatoms. The summed E-state index contributed by atoms with van der Waals surface area (Å²) in [6.07, 6.45) is 1.51. The summed E-state index contributed by atoms with van der Waals surface area (Å²) in [6.45, 7) is 3.74. The fourth-order valence-corrected chi connectivity index (χ4v) is 1.59. The first-order valence-electron chi connectivity index (χ1n) is 4.58. The molecule has 0 aliphatic rings. The van der Waals surface area contributed by atoms with Crippen LogP contribution in [0.2, 0.25) is 0 Å². The highest BCUT2D eigenvalue weighted by molar-refractivity contribution is 5.93. The fraction of sp³-hybridized carbons (Fsp3) is 0. The third-order valence-corrected chi connectivity index (χ3v) is 2.28. The molecule has 2 aromatic carbocycles. The largest absolute Gasteiger partial charge is 0.240 e. The predicted octanol–water partition coefficient (Wildman–Crippen LogP) is 3.15. The summed E-state index contributed by atoms with van der Waals surface area (Å²) in [5, 5.41) is 2.15. The average Bonchev–Trinajstić information content (AvgIpc) is 2.28. The first-order valence-corrected chi connectivity index (χ1v) is 4.58.